The molecule has 1 saturated heterocycles. The van der Waals surface area contributed by atoms with E-state index in [4.69, 9.17) is 4.42 Å². The normalized spacial score (nSPS) is 18.7. The molecule has 0 saturated carbocycles. The van der Waals surface area contributed by atoms with Crippen LogP contribution in [-0.4, -0.2) is 11.4 Å². The Morgan fingerprint density at radius 2 is 2.22 bits per heavy atom. The molecular formula is C19H19NO2S. The predicted molar refractivity (Wildman–Crippen MR) is 93.9 cm³/mol. The maximum absolute atomic E-state index is 11.9. The third kappa shape index (κ3) is 2.84. The molecule has 1 aromatic carbocycles. The van der Waals surface area contributed by atoms with Gasteiger partial charge in [0.15, 0.2) is 0 Å². The van der Waals surface area contributed by atoms with E-state index in [1.807, 2.05) is 13.0 Å². The number of likely N-dealkylation sites (tertiary alicyclic amines) is 1. The zero-order valence-corrected chi connectivity index (χ0v) is 13.9. The van der Waals surface area contributed by atoms with Gasteiger partial charge in [-0.05, 0) is 65.9 Å². The van der Waals surface area contributed by atoms with Crippen LogP contribution < -0.4 is 5.63 Å². The minimum absolute atomic E-state index is 0.260. The monoisotopic (exact) mass is 325 g/mol. The minimum atomic E-state index is -0.260. The molecule has 3 aromatic rings. The number of hydrogen-bond acceptors (Lipinski definition) is 4. The summed E-state index contributed by atoms with van der Waals surface area (Å²) in [6, 6.07) is 10.4. The molecule has 0 amide bonds. The Morgan fingerprint density at radius 1 is 1.30 bits per heavy atom. The van der Waals surface area contributed by atoms with E-state index in [9.17, 15) is 4.79 Å². The van der Waals surface area contributed by atoms with Crippen molar-refractivity contribution in [3.8, 4) is 0 Å². The number of rotatable bonds is 3. The van der Waals surface area contributed by atoms with Gasteiger partial charge in [-0.1, -0.05) is 12.1 Å². The molecule has 23 heavy (non-hydrogen) atoms. The van der Waals surface area contributed by atoms with Gasteiger partial charge in [-0.25, -0.2) is 4.79 Å². The van der Waals surface area contributed by atoms with Crippen molar-refractivity contribution in [3.63, 3.8) is 0 Å². The van der Waals surface area contributed by atoms with Crippen LogP contribution in [0.4, 0.5) is 0 Å². The first-order valence-electron chi connectivity index (χ1n) is 8.00. The number of fused-ring (bicyclic) bond motifs is 1. The van der Waals surface area contributed by atoms with Gasteiger partial charge in [0.2, 0.25) is 0 Å². The van der Waals surface area contributed by atoms with Crippen LogP contribution in [0.2, 0.25) is 0 Å². The van der Waals surface area contributed by atoms with Crippen molar-refractivity contribution in [2.45, 2.75) is 32.4 Å². The van der Waals surface area contributed by atoms with Crippen molar-refractivity contribution in [2.75, 3.05) is 6.54 Å². The topological polar surface area (TPSA) is 33.5 Å². The van der Waals surface area contributed by atoms with Gasteiger partial charge < -0.3 is 4.42 Å². The van der Waals surface area contributed by atoms with Crippen LogP contribution in [0.15, 0.2) is 50.3 Å². The van der Waals surface area contributed by atoms with Crippen molar-refractivity contribution in [1.29, 1.82) is 0 Å². The zero-order valence-electron chi connectivity index (χ0n) is 13.1. The van der Waals surface area contributed by atoms with E-state index < -0.39 is 0 Å². The highest BCUT2D eigenvalue weighted by Crippen LogP contribution is 2.34. The Labute approximate surface area is 139 Å². The van der Waals surface area contributed by atoms with Crippen molar-refractivity contribution in [2.24, 2.45) is 0 Å². The molecule has 1 atom stereocenters. The summed E-state index contributed by atoms with van der Waals surface area (Å²) in [5.41, 5.74) is 4.01. The second-order valence-corrected chi connectivity index (χ2v) is 7.06. The fourth-order valence-electron chi connectivity index (χ4n) is 3.54. The van der Waals surface area contributed by atoms with Crippen LogP contribution in [0.1, 0.15) is 35.6 Å². The molecule has 0 spiro atoms. The van der Waals surface area contributed by atoms with Crippen LogP contribution >= 0.6 is 11.3 Å². The molecule has 1 aliphatic heterocycles. The van der Waals surface area contributed by atoms with E-state index in [1.54, 1.807) is 17.4 Å². The highest BCUT2D eigenvalue weighted by atomic mass is 32.1. The molecule has 4 heteroatoms. The van der Waals surface area contributed by atoms with Gasteiger partial charge in [-0.3, -0.25) is 4.90 Å². The molecule has 1 fully saturated rings. The summed E-state index contributed by atoms with van der Waals surface area (Å²) in [6.07, 6.45) is 2.40. The molecule has 3 nitrogen and oxygen atoms in total. The van der Waals surface area contributed by atoms with E-state index in [1.165, 1.54) is 18.4 Å². The van der Waals surface area contributed by atoms with Gasteiger partial charge in [-0.15, -0.1) is 0 Å². The Balaban J connectivity index is 1.71. The van der Waals surface area contributed by atoms with Gasteiger partial charge in [0.1, 0.15) is 5.58 Å². The molecule has 3 heterocycles. The Hall–Kier alpha value is -1.91. The number of nitrogens with zero attached hydrogens (tertiary/aromatic N) is 1. The SMILES string of the molecule is Cc1ccc2c(CN3CCCC3c3ccsc3)cc(=O)oc2c1. The third-order valence-corrected chi connectivity index (χ3v) is 5.35. The lowest BCUT2D eigenvalue weighted by Gasteiger charge is -2.24. The van der Waals surface area contributed by atoms with E-state index in [0.717, 1.165) is 29.6 Å². The van der Waals surface area contributed by atoms with Gasteiger partial charge in [0.05, 0.1) is 0 Å². The number of benzene rings is 1. The van der Waals surface area contributed by atoms with Crippen LogP contribution in [0.5, 0.6) is 0 Å². The lowest BCUT2D eigenvalue weighted by molar-refractivity contribution is 0.249. The second-order valence-electron chi connectivity index (χ2n) is 6.28. The van der Waals surface area contributed by atoms with E-state index in [2.05, 4.69) is 33.9 Å². The summed E-state index contributed by atoms with van der Waals surface area (Å²) in [5, 5.41) is 5.43. The molecule has 0 radical (unpaired) electrons. The Morgan fingerprint density at radius 3 is 3.04 bits per heavy atom. The fraction of sp³-hybridized carbons (Fsp3) is 0.316. The minimum Gasteiger partial charge on any atom is -0.423 e. The van der Waals surface area contributed by atoms with Crippen molar-refractivity contribution < 1.29 is 4.42 Å². The lowest BCUT2D eigenvalue weighted by Crippen LogP contribution is -2.23. The molecule has 118 valence electrons. The Bertz CT molecular complexity index is 882. The number of aryl methyl sites for hydroxylation is 1. The summed E-state index contributed by atoms with van der Waals surface area (Å²) in [7, 11) is 0. The molecular weight excluding hydrogens is 306 g/mol. The zero-order chi connectivity index (χ0) is 15.8. The van der Waals surface area contributed by atoms with E-state index >= 15 is 0 Å². The van der Waals surface area contributed by atoms with E-state index in [0.29, 0.717) is 11.6 Å². The standard InChI is InChI=1S/C19H19NO2S/c1-13-4-5-16-15(10-19(21)22-18(16)9-13)11-20-7-2-3-17(20)14-6-8-23-12-14/h4-6,8-10,12,17H,2-3,7,11H2,1H3. The predicted octanol–water partition coefficient (Wildman–Crippen LogP) is 4.50. The summed E-state index contributed by atoms with van der Waals surface area (Å²) in [5.74, 6) is 0. The first-order chi connectivity index (χ1) is 11.2. The summed E-state index contributed by atoms with van der Waals surface area (Å²) < 4.78 is 5.37. The summed E-state index contributed by atoms with van der Waals surface area (Å²) in [4.78, 5) is 14.4. The van der Waals surface area contributed by atoms with Crippen LogP contribution in [0, 0.1) is 6.92 Å². The molecule has 0 bridgehead atoms. The average Bonchev–Trinajstić information content (AvgIpc) is 3.17. The first-order valence-corrected chi connectivity index (χ1v) is 8.94. The van der Waals surface area contributed by atoms with Crippen LogP contribution in [-0.2, 0) is 6.54 Å². The largest absolute Gasteiger partial charge is 0.423 e. The molecule has 1 aliphatic rings. The molecule has 1 unspecified atom stereocenters. The van der Waals surface area contributed by atoms with Crippen LogP contribution in [0.25, 0.3) is 11.0 Å². The Kier molecular flexibility index (Phi) is 3.79. The third-order valence-electron chi connectivity index (χ3n) is 4.65. The first kappa shape index (κ1) is 14.7. The number of hydrogen-bond donors (Lipinski definition) is 0. The van der Waals surface area contributed by atoms with Gasteiger partial charge in [0.25, 0.3) is 0 Å². The molecule has 2 aromatic heterocycles. The molecule has 0 N–H and O–H groups in total. The van der Waals surface area contributed by atoms with Crippen molar-refractivity contribution >= 4 is 22.3 Å². The van der Waals surface area contributed by atoms with Crippen LogP contribution in [0.3, 0.4) is 0 Å². The molecule has 4 rings (SSSR count). The maximum atomic E-state index is 11.9. The second kappa shape index (κ2) is 5.95. The van der Waals surface area contributed by atoms with Gasteiger partial charge in [0, 0.05) is 24.0 Å². The quantitative estimate of drug-likeness (QED) is 0.665. The fourth-order valence-corrected chi connectivity index (χ4v) is 4.25. The highest BCUT2D eigenvalue weighted by Gasteiger charge is 2.26. The number of thiophene rings is 1. The van der Waals surface area contributed by atoms with E-state index in [-0.39, 0.29) is 5.63 Å². The summed E-state index contributed by atoms with van der Waals surface area (Å²) >= 11 is 1.75. The smallest absolute Gasteiger partial charge is 0.336 e. The lowest BCUT2D eigenvalue weighted by atomic mass is 10.1. The average molecular weight is 325 g/mol. The summed E-state index contributed by atoms with van der Waals surface area (Å²) in [6.45, 7) is 3.89. The van der Waals surface area contributed by atoms with Gasteiger partial charge in [-0.2, -0.15) is 11.3 Å². The highest BCUT2D eigenvalue weighted by molar-refractivity contribution is 7.07. The van der Waals surface area contributed by atoms with Gasteiger partial charge >= 0.3 is 5.63 Å². The van der Waals surface area contributed by atoms with Crippen molar-refractivity contribution in [3.05, 3.63) is 68.2 Å². The maximum Gasteiger partial charge on any atom is 0.336 e. The van der Waals surface area contributed by atoms with Crippen molar-refractivity contribution in [1.82, 2.24) is 4.90 Å². The molecule has 0 aliphatic carbocycles.